The van der Waals surface area contributed by atoms with Gasteiger partial charge in [-0.05, 0) is 39.3 Å². The van der Waals surface area contributed by atoms with Gasteiger partial charge in [-0.2, -0.15) is 0 Å². The second-order valence-corrected chi connectivity index (χ2v) is 6.64. The van der Waals surface area contributed by atoms with E-state index in [0.29, 0.717) is 12.0 Å². The van der Waals surface area contributed by atoms with Crippen LogP contribution in [-0.4, -0.2) is 16.5 Å². The fourth-order valence-electron chi connectivity index (χ4n) is 2.14. The highest BCUT2D eigenvalue weighted by atomic mass is 16.3. The highest BCUT2D eigenvalue weighted by molar-refractivity contribution is 6.00. The fourth-order valence-corrected chi connectivity index (χ4v) is 2.14. The van der Waals surface area contributed by atoms with Gasteiger partial charge >= 0.3 is 0 Å². The number of hydrogen-bond donors (Lipinski definition) is 1. The first kappa shape index (κ1) is 14.0. The predicted molar refractivity (Wildman–Crippen MR) is 69.3 cm³/mol. The van der Waals surface area contributed by atoms with Gasteiger partial charge in [-0.1, -0.05) is 25.7 Å². The first-order chi connectivity index (χ1) is 7.45. The molecule has 0 heterocycles. The van der Waals surface area contributed by atoms with Crippen LogP contribution in [0.5, 0.6) is 0 Å². The molecule has 0 aromatic heterocycles. The largest absolute Gasteiger partial charge is 0.374 e. The SMILES string of the molecule is CC1=CC(O)(C#CC(C)(C)C)CC(C)(C)C1=O. The molecule has 1 unspecified atom stereocenters. The lowest BCUT2D eigenvalue weighted by molar-refractivity contribution is -0.126. The molecule has 1 N–H and O–H groups in total. The molecule has 0 bridgehead atoms. The Balaban J connectivity index is 3.15. The van der Waals surface area contributed by atoms with Crippen molar-refractivity contribution in [2.24, 2.45) is 10.8 Å². The summed E-state index contributed by atoms with van der Waals surface area (Å²) in [5, 5.41) is 10.5. The van der Waals surface area contributed by atoms with Crippen molar-refractivity contribution in [2.45, 2.75) is 53.6 Å². The molecule has 1 rings (SSSR count). The lowest BCUT2D eigenvalue weighted by Gasteiger charge is -2.35. The Labute approximate surface area is 104 Å². The van der Waals surface area contributed by atoms with E-state index < -0.39 is 11.0 Å². The molecule has 2 nitrogen and oxygen atoms in total. The van der Waals surface area contributed by atoms with E-state index in [1.165, 1.54) is 0 Å². The number of ketones is 1. The Bertz CT molecular complexity index is 424. The monoisotopic (exact) mass is 234 g/mol. The van der Waals surface area contributed by atoms with E-state index in [2.05, 4.69) is 11.8 Å². The van der Waals surface area contributed by atoms with Crippen molar-refractivity contribution in [1.29, 1.82) is 0 Å². The number of rotatable bonds is 0. The molecule has 94 valence electrons. The van der Waals surface area contributed by atoms with E-state index in [1.807, 2.05) is 34.6 Å². The van der Waals surface area contributed by atoms with E-state index in [-0.39, 0.29) is 11.2 Å². The van der Waals surface area contributed by atoms with Gasteiger partial charge in [0.2, 0.25) is 0 Å². The smallest absolute Gasteiger partial charge is 0.164 e. The predicted octanol–water partition coefficient (Wildman–Crippen LogP) is 2.71. The summed E-state index contributed by atoms with van der Waals surface area (Å²) in [7, 11) is 0. The van der Waals surface area contributed by atoms with Crippen molar-refractivity contribution in [2.75, 3.05) is 0 Å². The first-order valence-corrected chi connectivity index (χ1v) is 5.96. The Kier molecular flexibility index (Phi) is 3.29. The maximum Gasteiger partial charge on any atom is 0.164 e. The summed E-state index contributed by atoms with van der Waals surface area (Å²) >= 11 is 0. The average molecular weight is 234 g/mol. The summed E-state index contributed by atoms with van der Waals surface area (Å²) in [5.74, 6) is 6.07. The highest BCUT2D eigenvalue weighted by Crippen LogP contribution is 2.37. The first-order valence-electron chi connectivity index (χ1n) is 5.96. The summed E-state index contributed by atoms with van der Waals surface area (Å²) in [5.41, 5.74) is -1.26. The second-order valence-electron chi connectivity index (χ2n) is 6.64. The minimum absolute atomic E-state index is 0.0970. The minimum Gasteiger partial charge on any atom is -0.374 e. The third kappa shape index (κ3) is 3.44. The summed E-state index contributed by atoms with van der Waals surface area (Å²) in [6, 6.07) is 0. The van der Waals surface area contributed by atoms with E-state index in [1.54, 1.807) is 13.0 Å². The van der Waals surface area contributed by atoms with Crippen LogP contribution in [0.3, 0.4) is 0 Å². The number of hydrogen-bond acceptors (Lipinski definition) is 2. The Morgan fingerprint density at radius 1 is 1.35 bits per heavy atom. The molecule has 0 fully saturated rings. The molecular formula is C15H22O2. The van der Waals surface area contributed by atoms with Crippen LogP contribution in [0.2, 0.25) is 0 Å². The quantitative estimate of drug-likeness (QED) is 0.654. The molecule has 0 aromatic rings. The second kappa shape index (κ2) is 3.99. The Hall–Kier alpha value is -1.07. The van der Waals surface area contributed by atoms with Gasteiger partial charge < -0.3 is 5.11 Å². The number of Topliss-reactive ketones (excluding diaryl/α,β-unsaturated/α-hetero) is 1. The van der Waals surface area contributed by atoms with Crippen molar-refractivity contribution >= 4 is 5.78 Å². The van der Waals surface area contributed by atoms with Crippen LogP contribution in [0.25, 0.3) is 0 Å². The lowest BCUT2D eigenvalue weighted by Crippen LogP contribution is -2.41. The molecule has 1 atom stereocenters. The topological polar surface area (TPSA) is 37.3 Å². The van der Waals surface area contributed by atoms with Crippen molar-refractivity contribution in [3.63, 3.8) is 0 Å². The Morgan fingerprint density at radius 3 is 2.29 bits per heavy atom. The zero-order chi connectivity index (χ0) is 13.5. The fraction of sp³-hybridized carbons (Fsp3) is 0.667. The van der Waals surface area contributed by atoms with Gasteiger partial charge in [0.25, 0.3) is 0 Å². The number of carbonyl (C=O) groups excluding carboxylic acids is 1. The molecular weight excluding hydrogens is 212 g/mol. The van der Waals surface area contributed by atoms with Crippen LogP contribution in [0.1, 0.15) is 48.0 Å². The van der Waals surface area contributed by atoms with Crippen LogP contribution in [0, 0.1) is 22.7 Å². The molecule has 0 aromatic carbocycles. The molecule has 0 radical (unpaired) electrons. The molecule has 2 heteroatoms. The number of allylic oxidation sites excluding steroid dienone is 1. The number of carbonyl (C=O) groups is 1. The van der Waals surface area contributed by atoms with E-state index in [0.717, 1.165) is 0 Å². The summed E-state index contributed by atoms with van der Waals surface area (Å²) < 4.78 is 0. The van der Waals surface area contributed by atoms with Gasteiger partial charge in [0.15, 0.2) is 5.78 Å². The maximum atomic E-state index is 11.9. The van der Waals surface area contributed by atoms with Crippen LogP contribution >= 0.6 is 0 Å². The van der Waals surface area contributed by atoms with Crippen molar-refractivity contribution in [3.8, 4) is 11.8 Å². The van der Waals surface area contributed by atoms with Gasteiger partial charge in [0.05, 0.1) is 0 Å². The standard InChI is InChI=1S/C15H22O2/c1-11-9-15(17,8-7-13(2,3)4)10-14(5,6)12(11)16/h9,17H,10H2,1-6H3. The third-order valence-electron chi connectivity index (χ3n) is 2.79. The van der Waals surface area contributed by atoms with Gasteiger partial charge in [0.1, 0.15) is 5.60 Å². The molecule has 0 saturated carbocycles. The van der Waals surface area contributed by atoms with Gasteiger partial charge in [-0.25, -0.2) is 0 Å². The van der Waals surface area contributed by atoms with Crippen molar-refractivity contribution < 1.29 is 9.90 Å². The van der Waals surface area contributed by atoms with Crippen LogP contribution < -0.4 is 0 Å². The zero-order valence-corrected chi connectivity index (χ0v) is 11.6. The normalized spacial score (nSPS) is 28.2. The highest BCUT2D eigenvalue weighted by Gasteiger charge is 2.41. The van der Waals surface area contributed by atoms with E-state index >= 15 is 0 Å². The Morgan fingerprint density at radius 2 is 1.88 bits per heavy atom. The van der Waals surface area contributed by atoms with Crippen LogP contribution in [-0.2, 0) is 4.79 Å². The van der Waals surface area contributed by atoms with Gasteiger partial charge in [-0.15, -0.1) is 0 Å². The third-order valence-corrected chi connectivity index (χ3v) is 2.79. The average Bonchev–Trinajstić information content (AvgIpc) is 2.10. The summed E-state index contributed by atoms with van der Waals surface area (Å²) in [6.45, 7) is 11.5. The van der Waals surface area contributed by atoms with Gasteiger partial charge in [-0.3, -0.25) is 4.79 Å². The van der Waals surface area contributed by atoms with Crippen molar-refractivity contribution in [3.05, 3.63) is 11.6 Å². The zero-order valence-electron chi connectivity index (χ0n) is 11.6. The molecule has 17 heavy (non-hydrogen) atoms. The van der Waals surface area contributed by atoms with E-state index in [4.69, 9.17) is 0 Å². The van der Waals surface area contributed by atoms with Crippen LogP contribution in [0.4, 0.5) is 0 Å². The molecule has 1 aliphatic carbocycles. The van der Waals surface area contributed by atoms with Crippen LogP contribution in [0.15, 0.2) is 11.6 Å². The van der Waals surface area contributed by atoms with Crippen molar-refractivity contribution in [1.82, 2.24) is 0 Å². The molecule has 1 aliphatic rings. The molecule has 0 amide bonds. The maximum absolute atomic E-state index is 11.9. The summed E-state index contributed by atoms with van der Waals surface area (Å²) in [6.07, 6.45) is 1.96. The summed E-state index contributed by atoms with van der Waals surface area (Å²) in [4.78, 5) is 11.9. The van der Waals surface area contributed by atoms with E-state index in [9.17, 15) is 9.90 Å². The van der Waals surface area contributed by atoms with Gasteiger partial charge in [0, 0.05) is 17.3 Å². The number of aliphatic hydroxyl groups is 1. The lowest BCUT2D eigenvalue weighted by atomic mass is 9.70. The molecule has 0 aliphatic heterocycles. The molecule has 0 spiro atoms. The molecule has 0 saturated heterocycles. The minimum atomic E-state index is -1.17.